The van der Waals surface area contributed by atoms with Gasteiger partial charge in [0.25, 0.3) is 11.1 Å². The average molecular weight is 509 g/mol. The molecule has 10 heteroatoms. The number of anilines is 1. The molecule has 0 radical (unpaired) electrons. The second-order valence-corrected chi connectivity index (χ2v) is 10.0. The van der Waals surface area contributed by atoms with Crippen molar-refractivity contribution in [3.05, 3.63) is 73.0 Å². The number of benzene rings is 1. The Kier molecular flexibility index (Phi) is 7.28. The summed E-state index contributed by atoms with van der Waals surface area (Å²) in [6.45, 7) is 11.6. The largest absolute Gasteiger partial charge is 0.318 e. The van der Waals surface area contributed by atoms with Gasteiger partial charge >= 0.3 is 0 Å². The number of amides is 1. The molecule has 0 spiro atoms. The van der Waals surface area contributed by atoms with E-state index in [4.69, 9.17) is 4.98 Å². The Morgan fingerprint density at radius 2 is 1.72 bits per heavy atom. The van der Waals surface area contributed by atoms with Gasteiger partial charge in [0.15, 0.2) is 0 Å². The summed E-state index contributed by atoms with van der Waals surface area (Å²) in [4.78, 5) is 48.7. The van der Waals surface area contributed by atoms with E-state index < -0.39 is 5.91 Å². The predicted molar refractivity (Wildman–Crippen MR) is 144 cm³/mol. The van der Waals surface area contributed by atoms with Crippen LogP contribution in [0.2, 0.25) is 0 Å². The van der Waals surface area contributed by atoms with Crippen LogP contribution in [0.4, 0.5) is 5.69 Å². The van der Waals surface area contributed by atoms with Crippen LogP contribution >= 0.6 is 11.3 Å². The lowest BCUT2D eigenvalue weighted by Gasteiger charge is -2.20. The number of aromatic nitrogens is 4. The fourth-order valence-corrected chi connectivity index (χ4v) is 5.37. The Morgan fingerprint density at radius 1 is 1.06 bits per heavy atom. The van der Waals surface area contributed by atoms with Crippen LogP contribution < -0.4 is 16.4 Å². The lowest BCUT2D eigenvalue weighted by molar-refractivity contribution is -0.116. The van der Waals surface area contributed by atoms with Crippen LogP contribution in [-0.4, -0.2) is 42.8 Å². The summed E-state index contributed by atoms with van der Waals surface area (Å²) in [5.74, 6) is 0.0914. The van der Waals surface area contributed by atoms with Crippen LogP contribution in [-0.2, 0) is 24.9 Å². The minimum absolute atomic E-state index is 0.196. The normalized spacial score (nSPS) is 11.5. The number of nitrogens with one attached hydrogen (secondary N) is 1. The van der Waals surface area contributed by atoms with E-state index in [1.165, 1.54) is 20.6 Å². The Balaban J connectivity index is 1.73. The zero-order valence-corrected chi connectivity index (χ0v) is 22.4. The minimum Gasteiger partial charge on any atom is -0.318 e. The zero-order valence-electron chi connectivity index (χ0n) is 21.6. The molecule has 1 N–H and O–H groups in total. The molecule has 3 aromatic heterocycles. The molecule has 0 saturated heterocycles. The number of nitrogens with zero attached hydrogens (tertiary/aromatic N) is 5. The average Bonchev–Trinajstić information content (AvgIpc) is 3.26. The molecule has 4 rings (SSSR count). The van der Waals surface area contributed by atoms with Crippen molar-refractivity contribution < 1.29 is 4.79 Å². The molecule has 0 fully saturated rings. The maximum absolute atomic E-state index is 13.6. The number of para-hydroxylation sites is 1. The SMILES string of the molecule is CCN(CC)Cc1nc2sc(C)c(C)c2c(=O)n1CC(=O)Nc1c(C)n(C)n(-c2ccccc2)c1=O. The Hall–Kier alpha value is -3.50. The molecule has 0 saturated carbocycles. The van der Waals surface area contributed by atoms with Crippen LogP contribution in [0.15, 0.2) is 39.9 Å². The molecule has 1 aromatic carbocycles. The van der Waals surface area contributed by atoms with Crippen molar-refractivity contribution in [3.63, 3.8) is 0 Å². The molecule has 190 valence electrons. The second-order valence-electron chi connectivity index (χ2n) is 8.83. The van der Waals surface area contributed by atoms with Gasteiger partial charge in [0.2, 0.25) is 5.91 Å². The second kappa shape index (κ2) is 10.2. The first kappa shape index (κ1) is 25.6. The lowest BCUT2D eigenvalue weighted by Crippen LogP contribution is -2.35. The van der Waals surface area contributed by atoms with Gasteiger partial charge in [-0.1, -0.05) is 32.0 Å². The number of hydrogen-bond donors (Lipinski definition) is 1. The quantitative estimate of drug-likeness (QED) is 0.394. The highest BCUT2D eigenvalue weighted by Crippen LogP contribution is 2.26. The van der Waals surface area contributed by atoms with E-state index in [1.807, 2.05) is 58.0 Å². The molecule has 9 nitrogen and oxygen atoms in total. The molecule has 0 aliphatic carbocycles. The molecular formula is C26H32N6O3S. The first-order chi connectivity index (χ1) is 17.2. The number of rotatable bonds is 8. The van der Waals surface area contributed by atoms with Crippen molar-refractivity contribution >= 4 is 33.1 Å². The van der Waals surface area contributed by atoms with Crippen LogP contribution in [0, 0.1) is 20.8 Å². The fraction of sp³-hybridized carbons (Fsp3) is 0.385. The Morgan fingerprint density at radius 3 is 2.36 bits per heavy atom. The Labute approximate surface area is 213 Å². The molecule has 0 bridgehead atoms. The van der Waals surface area contributed by atoms with Crippen molar-refractivity contribution in [3.8, 4) is 5.69 Å². The van der Waals surface area contributed by atoms with E-state index in [-0.39, 0.29) is 23.4 Å². The van der Waals surface area contributed by atoms with Gasteiger partial charge in [-0.15, -0.1) is 11.3 Å². The smallest absolute Gasteiger partial charge is 0.295 e. The summed E-state index contributed by atoms with van der Waals surface area (Å²) in [7, 11) is 1.77. The highest BCUT2D eigenvalue weighted by atomic mass is 32.1. The summed E-state index contributed by atoms with van der Waals surface area (Å²) in [5, 5.41) is 3.32. The van der Waals surface area contributed by atoms with Crippen molar-refractivity contribution in [1.29, 1.82) is 0 Å². The number of hydrogen-bond acceptors (Lipinski definition) is 6. The van der Waals surface area contributed by atoms with Gasteiger partial charge in [-0.25, -0.2) is 9.67 Å². The van der Waals surface area contributed by atoms with Gasteiger partial charge < -0.3 is 5.32 Å². The van der Waals surface area contributed by atoms with Crippen molar-refractivity contribution in [2.75, 3.05) is 18.4 Å². The summed E-state index contributed by atoms with van der Waals surface area (Å²) < 4.78 is 4.66. The summed E-state index contributed by atoms with van der Waals surface area (Å²) >= 11 is 1.50. The summed E-state index contributed by atoms with van der Waals surface area (Å²) in [5.41, 5.74) is 1.84. The molecular weight excluding hydrogens is 476 g/mol. The van der Waals surface area contributed by atoms with E-state index in [1.54, 1.807) is 18.7 Å². The van der Waals surface area contributed by atoms with E-state index in [9.17, 15) is 14.4 Å². The van der Waals surface area contributed by atoms with Crippen LogP contribution in [0.1, 0.15) is 35.8 Å². The first-order valence-electron chi connectivity index (χ1n) is 12.0. The molecule has 1 amide bonds. The third-order valence-corrected chi connectivity index (χ3v) is 7.85. The highest BCUT2D eigenvalue weighted by molar-refractivity contribution is 7.18. The summed E-state index contributed by atoms with van der Waals surface area (Å²) in [6.07, 6.45) is 0. The zero-order chi connectivity index (χ0) is 26.1. The third kappa shape index (κ3) is 4.54. The fourth-order valence-electron chi connectivity index (χ4n) is 4.34. The highest BCUT2D eigenvalue weighted by Gasteiger charge is 2.22. The van der Waals surface area contributed by atoms with Gasteiger partial charge in [-0.05, 0) is 51.6 Å². The van der Waals surface area contributed by atoms with Gasteiger partial charge in [0, 0.05) is 11.9 Å². The van der Waals surface area contributed by atoms with Gasteiger partial charge in [0.05, 0.1) is 23.3 Å². The molecule has 0 atom stereocenters. The Bertz CT molecular complexity index is 1540. The minimum atomic E-state index is -0.449. The molecule has 0 aliphatic heterocycles. The van der Waals surface area contributed by atoms with E-state index in [2.05, 4.69) is 10.2 Å². The van der Waals surface area contributed by atoms with Crippen LogP contribution in [0.5, 0.6) is 0 Å². The standard InChI is InChI=1S/C26H32N6O3S/c1-7-30(8-2)14-20-27-24-22(16(3)18(5)36-24)25(34)31(20)15-21(33)28-23-17(4)29(6)32(26(23)35)19-12-10-9-11-13-19/h9-13H,7-8,14-15H2,1-6H3,(H,28,33). The number of aryl methyl sites for hydroxylation is 2. The monoisotopic (exact) mass is 508 g/mol. The van der Waals surface area contributed by atoms with E-state index in [0.717, 1.165) is 23.5 Å². The lowest BCUT2D eigenvalue weighted by atomic mass is 10.2. The topological polar surface area (TPSA) is 94.2 Å². The maximum atomic E-state index is 13.6. The van der Waals surface area contributed by atoms with Gasteiger partial charge in [0.1, 0.15) is 22.9 Å². The number of carbonyl (C=O) groups is 1. The van der Waals surface area contributed by atoms with Crippen molar-refractivity contribution in [2.45, 2.75) is 47.7 Å². The van der Waals surface area contributed by atoms with Gasteiger partial charge in [-0.3, -0.25) is 28.5 Å². The van der Waals surface area contributed by atoms with Crippen LogP contribution in [0.3, 0.4) is 0 Å². The van der Waals surface area contributed by atoms with Crippen LogP contribution in [0.25, 0.3) is 15.9 Å². The molecule has 0 unspecified atom stereocenters. The van der Waals surface area contributed by atoms with E-state index >= 15 is 0 Å². The number of thiophene rings is 1. The molecule has 36 heavy (non-hydrogen) atoms. The van der Waals surface area contributed by atoms with Gasteiger partial charge in [-0.2, -0.15) is 0 Å². The number of carbonyl (C=O) groups excluding carboxylic acids is 1. The summed E-state index contributed by atoms with van der Waals surface area (Å²) in [6, 6.07) is 9.24. The van der Waals surface area contributed by atoms with E-state index in [0.29, 0.717) is 34.0 Å². The van der Waals surface area contributed by atoms with Crippen molar-refractivity contribution in [1.82, 2.24) is 23.8 Å². The first-order valence-corrected chi connectivity index (χ1v) is 12.8. The van der Waals surface area contributed by atoms with Crippen molar-refractivity contribution in [2.24, 2.45) is 7.05 Å². The molecule has 3 heterocycles. The third-order valence-electron chi connectivity index (χ3n) is 6.75. The number of fused-ring (bicyclic) bond motifs is 1. The molecule has 0 aliphatic rings. The maximum Gasteiger partial charge on any atom is 0.295 e. The molecule has 4 aromatic rings. The predicted octanol–water partition coefficient (Wildman–Crippen LogP) is 3.35.